The molecular weight excluding hydrogens is 316 g/mol. The summed E-state index contributed by atoms with van der Waals surface area (Å²) in [6.45, 7) is 4.11. The van der Waals surface area contributed by atoms with E-state index in [-0.39, 0.29) is 0 Å². The molecule has 1 aliphatic rings. The second kappa shape index (κ2) is 8.76. The summed E-state index contributed by atoms with van der Waals surface area (Å²) in [7, 11) is 4.15. The Hall–Kier alpha value is -2.21. The van der Waals surface area contributed by atoms with Gasteiger partial charge in [0.25, 0.3) is 0 Å². The number of aryl methyl sites for hydroxylation is 1. The Morgan fingerprint density at radius 2 is 2.32 bits per heavy atom. The first-order valence-electron chi connectivity index (χ1n) is 8.92. The SMILES string of the molecule is CN(Cc1cccn1C)C(=NCC1CCOC1)NCCc1ccco1. The van der Waals surface area contributed by atoms with Gasteiger partial charge in [0.1, 0.15) is 5.76 Å². The third-order valence-corrected chi connectivity index (χ3v) is 4.57. The minimum atomic E-state index is 0.533. The van der Waals surface area contributed by atoms with Crippen molar-refractivity contribution >= 4 is 5.96 Å². The lowest BCUT2D eigenvalue weighted by molar-refractivity contribution is 0.187. The second-order valence-corrected chi connectivity index (χ2v) is 6.62. The van der Waals surface area contributed by atoms with Crippen LogP contribution in [0.15, 0.2) is 46.1 Å². The lowest BCUT2D eigenvalue weighted by Gasteiger charge is -2.23. The normalized spacial score (nSPS) is 17.8. The first kappa shape index (κ1) is 17.6. The molecule has 0 bridgehead atoms. The van der Waals surface area contributed by atoms with E-state index in [1.165, 1.54) is 5.69 Å². The number of furan rings is 1. The van der Waals surface area contributed by atoms with Gasteiger partial charge < -0.3 is 23.9 Å². The van der Waals surface area contributed by atoms with E-state index in [0.29, 0.717) is 5.92 Å². The summed E-state index contributed by atoms with van der Waals surface area (Å²) in [5.41, 5.74) is 1.26. The standard InChI is InChI=1S/C19H28N4O2/c1-22-10-3-5-17(22)14-23(2)19(21-13-16-8-12-24-15-16)20-9-7-18-6-4-11-25-18/h3-6,10-11,16H,7-9,12-15H2,1-2H3,(H,20,21). The quantitative estimate of drug-likeness (QED) is 0.618. The van der Waals surface area contributed by atoms with Crippen molar-refractivity contribution in [3.63, 3.8) is 0 Å². The van der Waals surface area contributed by atoms with Crippen LogP contribution in [-0.4, -0.2) is 48.8 Å². The van der Waals surface area contributed by atoms with Crippen LogP contribution in [0.4, 0.5) is 0 Å². The smallest absolute Gasteiger partial charge is 0.194 e. The number of ether oxygens (including phenoxy) is 1. The zero-order valence-corrected chi connectivity index (χ0v) is 15.1. The molecule has 1 atom stereocenters. The Balaban J connectivity index is 1.59. The van der Waals surface area contributed by atoms with E-state index in [2.05, 4.69) is 47.2 Å². The third-order valence-electron chi connectivity index (χ3n) is 4.57. The van der Waals surface area contributed by atoms with Crippen LogP contribution in [0.5, 0.6) is 0 Å². The Morgan fingerprint density at radius 3 is 3.00 bits per heavy atom. The van der Waals surface area contributed by atoms with Gasteiger partial charge >= 0.3 is 0 Å². The molecule has 6 nitrogen and oxygen atoms in total. The molecule has 2 aromatic heterocycles. The maximum absolute atomic E-state index is 5.46. The molecule has 0 aromatic carbocycles. The van der Waals surface area contributed by atoms with Crippen molar-refractivity contribution in [3.8, 4) is 0 Å². The largest absolute Gasteiger partial charge is 0.469 e. The van der Waals surface area contributed by atoms with Crippen molar-refractivity contribution in [2.75, 3.05) is 33.4 Å². The van der Waals surface area contributed by atoms with Crippen LogP contribution in [0.2, 0.25) is 0 Å². The lowest BCUT2D eigenvalue weighted by Crippen LogP contribution is -2.40. The predicted octanol–water partition coefficient (Wildman–Crippen LogP) is 2.27. The van der Waals surface area contributed by atoms with E-state index >= 15 is 0 Å². The van der Waals surface area contributed by atoms with Crippen molar-refractivity contribution in [3.05, 3.63) is 48.2 Å². The van der Waals surface area contributed by atoms with Crippen LogP contribution in [0, 0.1) is 5.92 Å². The fourth-order valence-electron chi connectivity index (χ4n) is 2.99. The van der Waals surface area contributed by atoms with Crippen molar-refractivity contribution in [2.45, 2.75) is 19.4 Å². The van der Waals surface area contributed by atoms with Gasteiger partial charge in [0.05, 0.1) is 19.4 Å². The third kappa shape index (κ3) is 5.13. The Labute approximate surface area is 149 Å². The fraction of sp³-hybridized carbons (Fsp3) is 0.526. The molecule has 0 spiro atoms. The molecule has 136 valence electrons. The van der Waals surface area contributed by atoms with Gasteiger partial charge in [0.2, 0.25) is 0 Å². The summed E-state index contributed by atoms with van der Waals surface area (Å²) >= 11 is 0. The van der Waals surface area contributed by atoms with Gasteiger partial charge in [0.15, 0.2) is 5.96 Å². The van der Waals surface area contributed by atoms with Crippen LogP contribution >= 0.6 is 0 Å². The molecule has 1 N–H and O–H groups in total. The maximum atomic E-state index is 5.46. The molecule has 3 rings (SSSR count). The summed E-state index contributed by atoms with van der Waals surface area (Å²) in [6, 6.07) is 8.13. The molecule has 1 unspecified atom stereocenters. The number of nitrogens with zero attached hydrogens (tertiary/aromatic N) is 3. The number of nitrogens with one attached hydrogen (secondary N) is 1. The van der Waals surface area contributed by atoms with Crippen LogP contribution in [0.25, 0.3) is 0 Å². The monoisotopic (exact) mass is 344 g/mol. The van der Waals surface area contributed by atoms with Crippen molar-refractivity contribution in [1.29, 1.82) is 0 Å². The Bertz CT molecular complexity index is 657. The highest BCUT2D eigenvalue weighted by Crippen LogP contribution is 2.13. The van der Waals surface area contributed by atoms with E-state index in [1.807, 2.05) is 12.1 Å². The molecule has 0 saturated carbocycles. The zero-order valence-electron chi connectivity index (χ0n) is 15.1. The number of hydrogen-bond donors (Lipinski definition) is 1. The van der Waals surface area contributed by atoms with Crippen LogP contribution in [-0.2, 0) is 24.8 Å². The summed E-state index contributed by atoms with van der Waals surface area (Å²) in [5, 5.41) is 3.48. The highest BCUT2D eigenvalue weighted by Gasteiger charge is 2.16. The summed E-state index contributed by atoms with van der Waals surface area (Å²) < 4.78 is 13.0. The first-order valence-corrected chi connectivity index (χ1v) is 8.92. The maximum Gasteiger partial charge on any atom is 0.194 e. The second-order valence-electron chi connectivity index (χ2n) is 6.62. The zero-order chi connectivity index (χ0) is 17.5. The molecule has 3 heterocycles. The molecule has 0 radical (unpaired) electrons. The van der Waals surface area contributed by atoms with Crippen LogP contribution < -0.4 is 5.32 Å². The number of aromatic nitrogens is 1. The molecule has 6 heteroatoms. The molecular formula is C19H28N4O2. The lowest BCUT2D eigenvalue weighted by atomic mass is 10.1. The minimum absolute atomic E-state index is 0.533. The first-order chi connectivity index (χ1) is 12.2. The van der Waals surface area contributed by atoms with E-state index < -0.39 is 0 Å². The Morgan fingerprint density at radius 1 is 1.40 bits per heavy atom. The summed E-state index contributed by atoms with van der Waals surface area (Å²) in [6.07, 6.45) is 5.73. The highest BCUT2D eigenvalue weighted by molar-refractivity contribution is 5.79. The summed E-state index contributed by atoms with van der Waals surface area (Å²) in [5.74, 6) is 2.45. The van der Waals surface area contributed by atoms with Gasteiger partial charge in [0, 0.05) is 58.0 Å². The average molecular weight is 344 g/mol. The van der Waals surface area contributed by atoms with E-state index in [1.54, 1.807) is 6.26 Å². The van der Waals surface area contributed by atoms with Gasteiger partial charge in [-0.15, -0.1) is 0 Å². The predicted molar refractivity (Wildman–Crippen MR) is 98.5 cm³/mol. The van der Waals surface area contributed by atoms with Crippen LogP contribution in [0.1, 0.15) is 17.9 Å². The molecule has 1 aliphatic heterocycles. The van der Waals surface area contributed by atoms with E-state index in [0.717, 1.165) is 57.4 Å². The van der Waals surface area contributed by atoms with E-state index in [4.69, 9.17) is 14.1 Å². The number of rotatable bonds is 7. The number of hydrogen-bond acceptors (Lipinski definition) is 3. The van der Waals surface area contributed by atoms with Gasteiger partial charge in [-0.05, 0) is 30.7 Å². The molecule has 1 fully saturated rings. The van der Waals surface area contributed by atoms with Crippen LogP contribution in [0.3, 0.4) is 0 Å². The molecule has 2 aromatic rings. The van der Waals surface area contributed by atoms with Gasteiger partial charge in [-0.25, -0.2) is 0 Å². The van der Waals surface area contributed by atoms with E-state index in [9.17, 15) is 0 Å². The number of aliphatic imine (C=N–C) groups is 1. The van der Waals surface area contributed by atoms with Crippen molar-refractivity contribution in [1.82, 2.24) is 14.8 Å². The van der Waals surface area contributed by atoms with Crippen molar-refractivity contribution in [2.24, 2.45) is 18.0 Å². The van der Waals surface area contributed by atoms with Gasteiger partial charge in [-0.1, -0.05) is 0 Å². The van der Waals surface area contributed by atoms with Gasteiger partial charge in [-0.3, -0.25) is 4.99 Å². The fourth-order valence-corrected chi connectivity index (χ4v) is 2.99. The summed E-state index contributed by atoms with van der Waals surface area (Å²) in [4.78, 5) is 7.02. The Kier molecular flexibility index (Phi) is 6.17. The average Bonchev–Trinajstić information content (AvgIpc) is 3.35. The molecule has 25 heavy (non-hydrogen) atoms. The minimum Gasteiger partial charge on any atom is -0.469 e. The molecule has 0 aliphatic carbocycles. The van der Waals surface area contributed by atoms with Crippen molar-refractivity contribution < 1.29 is 9.15 Å². The molecule has 1 saturated heterocycles. The van der Waals surface area contributed by atoms with Gasteiger partial charge in [-0.2, -0.15) is 0 Å². The number of guanidine groups is 1. The highest BCUT2D eigenvalue weighted by atomic mass is 16.5. The molecule has 0 amide bonds. The topological polar surface area (TPSA) is 54.9 Å².